The molecule has 1 unspecified atom stereocenters. The second-order valence-electron chi connectivity index (χ2n) is 8.61. The Morgan fingerprint density at radius 3 is 1.71 bits per heavy atom. The van der Waals surface area contributed by atoms with Gasteiger partial charge in [-0.1, -0.05) is 104 Å². The van der Waals surface area contributed by atoms with Gasteiger partial charge in [0.1, 0.15) is 0 Å². The molecule has 1 fully saturated rings. The fraction of sp³-hybridized carbons (Fsp3) is 1.00. The van der Waals surface area contributed by atoms with Gasteiger partial charge in [-0.25, -0.2) is 4.18 Å². The van der Waals surface area contributed by atoms with Gasteiger partial charge >= 0.3 is 10.4 Å². The Kier molecular flexibility index (Phi) is 21.5. The zero-order valence-electron chi connectivity index (χ0n) is 20.7. The Labute approximate surface area is 193 Å². The van der Waals surface area contributed by atoms with Crippen LogP contribution in [0.3, 0.4) is 0 Å². The van der Waals surface area contributed by atoms with E-state index in [1.807, 2.05) is 0 Å². The van der Waals surface area contributed by atoms with Gasteiger partial charge in [-0.15, -0.1) is 0 Å². The summed E-state index contributed by atoms with van der Waals surface area (Å²) in [6.45, 7) is 10.4. The van der Waals surface area contributed by atoms with Crippen molar-refractivity contribution in [2.24, 2.45) is 0 Å². The summed E-state index contributed by atoms with van der Waals surface area (Å²) in [7, 11) is -4.17. The molecule has 0 aromatic carbocycles. The molecule has 0 saturated carbocycles. The molecule has 0 spiro atoms. The van der Waals surface area contributed by atoms with E-state index in [0.717, 1.165) is 19.7 Å². The Balaban J connectivity index is 0.00000110. The van der Waals surface area contributed by atoms with E-state index in [9.17, 15) is 8.42 Å². The molecule has 0 aromatic rings. The molecule has 1 saturated heterocycles. The molecule has 1 aliphatic rings. The van der Waals surface area contributed by atoms with Crippen molar-refractivity contribution in [3.63, 3.8) is 0 Å². The lowest BCUT2D eigenvalue weighted by molar-refractivity contribution is -0.0312. The van der Waals surface area contributed by atoms with Crippen LogP contribution in [0, 0.1) is 0 Å². The highest BCUT2D eigenvalue weighted by Crippen LogP contribution is 2.15. The summed E-state index contributed by atoms with van der Waals surface area (Å²) in [5, 5.41) is 0. The zero-order chi connectivity index (χ0) is 23.2. The summed E-state index contributed by atoms with van der Waals surface area (Å²) in [6.07, 6.45) is 22.0. The molecular formula is C24H51NO5S. The van der Waals surface area contributed by atoms with Crippen LogP contribution in [0.15, 0.2) is 0 Å². The molecule has 7 heteroatoms. The maximum absolute atomic E-state index is 9.56. The van der Waals surface area contributed by atoms with E-state index in [1.54, 1.807) is 0 Å². The standard InChI is InChI=1S/C22H45NO.C2H6O4S/c1-3-5-6-7-8-9-10-11-12-13-14-15-16-17-18-22-21-23(4-2)19-20-24-22;1-2-6-7(3,4)5/h22H,3-21H2,1-2H3;2H2,1H3,(H,3,4,5). The van der Waals surface area contributed by atoms with Crippen molar-refractivity contribution in [1.82, 2.24) is 4.90 Å². The molecule has 0 bridgehead atoms. The van der Waals surface area contributed by atoms with Gasteiger partial charge < -0.3 is 4.74 Å². The predicted molar refractivity (Wildman–Crippen MR) is 130 cm³/mol. The maximum Gasteiger partial charge on any atom is 0.397 e. The first-order chi connectivity index (χ1) is 14.9. The summed E-state index contributed by atoms with van der Waals surface area (Å²) in [5.41, 5.74) is 0. The average Bonchev–Trinajstić information content (AvgIpc) is 2.74. The zero-order valence-corrected chi connectivity index (χ0v) is 21.5. The molecule has 1 N–H and O–H groups in total. The number of morpholine rings is 1. The third-order valence-corrected chi connectivity index (χ3v) is 6.35. The fourth-order valence-electron chi connectivity index (χ4n) is 3.96. The first-order valence-electron chi connectivity index (χ1n) is 12.9. The summed E-state index contributed by atoms with van der Waals surface area (Å²) in [4.78, 5) is 2.53. The van der Waals surface area contributed by atoms with Gasteiger partial charge in [0.2, 0.25) is 0 Å². The van der Waals surface area contributed by atoms with Crippen molar-refractivity contribution >= 4 is 10.4 Å². The molecule has 1 aliphatic heterocycles. The Morgan fingerprint density at radius 2 is 1.32 bits per heavy atom. The normalized spacial score (nSPS) is 17.4. The maximum atomic E-state index is 9.56. The third-order valence-electron chi connectivity index (χ3n) is 5.82. The van der Waals surface area contributed by atoms with Gasteiger partial charge in [0, 0.05) is 13.1 Å². The Bertz CT molecular complexity index is 473. The van der Waals surface area contributed by atoms with Gasteiger partial charge in [-0.05, 0) is 19.9 Å². The molecule has 1 heterocycles. The highest BCUT2D eigenvalue weighted by atomic mass is 32.3. The van der Waals surface area contributed by atoms with Crippen LogP contribution in [0.2, 0.25) is 0 Å². The van der Waals surface area contributed by atoms with Crippen LogP contribution >= 0.6 is 0 Å². The third kappa shape index (κ3) is 22.8. The van der Waals surface area contributed by atoms with Gasteiger partial charge in [0.25, 0.3) is 0 Å². The van der Waals surface area contributed by atoms with E-state index in [4.69, 9.17) is 9.29 Å². The minimum Gasteiger partial charge on any atom is -0.376 e. The summed E-state index contributed by atoms with van der Waals surface area (Å²) < 4.78 is 36.5. The first kappa shape index (κ1) is 30.8. The number of likely N-dealkylation sites (N-methyl/N-ethyl adjacent to an activating group) is 1. The molecule has 188 valence electrons. The number of nitrogens with zero attached hydrogens (tertiary/aromatic N) is 1. The van der Waals surface area contributed by atoms with E-state index in [1.165, 1.54) is 110 Å². The molecule has 0 radical (unpaired) electrons. The SMILES string of the molecule is CCCCCCCCCCCCCCCCC1CN(CC)CCO1.CCOS(=O)(=O)O. The minimum absolute atomic E-state index is 0.0289. The largest absolute Gasteiger partial charge is 0.397 e. The van der Waals surface area contributed by atoms with Crippen molar-refractivity contribution in [1.29, 1.82) is 0 Å². The van der Waals surface area contributed by atoms with Crippen LogP contribution in [0.1, 0.15) is 117 Å². The highest BCUT2D eigenvalue weighted by molar-refractivity contribution is 7.80. The van der Waals surface area contributed by atoms with Crippen molar-refractivity contribution in [2.45, 2.75) is 123 Å². The molecule has 0 amide bonds. The van der Waals surface area contributed by atoms with E-state index in [2.05, 4.69) is 22.9 Å². The van der Waals surface area contributed by atoms with Gasteiger partial charge in [0.15, 0.2) is 0 Å². The van der Waals surface area contributed by atoms with Crippen molar-refractivity contribution in [2.75, 3.05) is 32.8 Å². The lowest BCUT2D eigenvalue weighted by Crippen LogP contribution is -2.42. The van der Waals surface area contributed by atoms with E-state index < -0.39 is 10.4 Å². The summed E-state index contributed by atoms with van der Waals surface area (Å²) >= 11 is 0. The first-order valence-corrected chi connectivity index (χ1v) is 14.2. The molecule has 0 aliphatic carbocycles. The van der Waals surface area contributed by atoms with E-state index >= 15 is 0 Å². The topological polar surface area (TPSA) is 76.1 Å². The average molecular weight is 466 g/mol. The molecule has 1 rings (SSSR count). The van der Waals surface area contributed by atoms with Gasteiger partial charge in [0.05, 0.1) is 19.3 Å². The van der Waals surface area contributed by atoms with Crippen LogP contribution in [0.5, 0.6) is 0 Å². The smallest absolute Gasteiger partial charge is 0.376 e. The number of unbranched alkanes of at least 4 members (excludes halogenated alkanes) is 13. The molecule has 1 atom stereocenters. The van der Waals surface area contributed by atoms with Crippen LogP contribution in [-0.4, -0.2) is 56.8 Å². The predicted octanol–water partition coefficient (Wildman–Crippen LogP) is 6.40. The van der Waals surface area contributed by atoms with Crippen molar-refractivity contribution < 1.29 is 21.9 Å². The van der Waals surface area contributed by atoms with E-state index in [0.29, 0.717) is 6.10 Å². The van der Waals surface area contributed by atoms with Gasteiger partial charge in [-0.3, -0.25) is 9.45 Å². The number of rotatable bonds is 18. The fourth-order valence-corrected chi connectivity index (χ4v) is 4.26. The van der Waals surface area contributed by atoms with Crippen molar-refractivity contribution in [3.8, 4) is 0 Å². The second kappa shape index (κ2) is 21.6. The summed E-state index contributed by atoms with van der Waals surface area (Å²) in [5.74, 6) is 0. The van der Waals surface area contributed by atoms with Crippen LogP contribution < -0.4 is 0 Å². The lowest BCUT2D eigenvalue weighted by Gasteiger charge is -2.32. The van der Waals surface area contributed by atoms with Gasteiger partial charge in [-0.2, -0.15) is 8.42 Å². The van der Waals surface area contributed by atoms with Crippen LogP contribution in [0.4, 0.5) is 0 Å². The Morgan fingerprint density at radius 1 is 0.839 bits per heavy atom. The highest BCUT2D eigenvalue weighted by Gasteiger charge is 2.18. The summed E-state index contributed by atoms with van der Waals surface area (Å²) in [6, 6.07) is 0. The molecule has 31 heavy (non-hydrogen) atoms. The molecular weight excluding hydrogens is 414 g/mol. The molecule has 0 aromatic heterocycles. The lowest BCUT2D eigenvalue weighted by atomic mass is 10.0. The quantitative estimate of drug-likeness (QED) is 0.186. The number of hydrogen-bond donors (Lipinski definition) is 1. The van der Waals surface area contributed by atoms with Crippen molar-refractivity contribution in [3.05, 3.63) is 0 Å². The Hall–Kier alpha value is -0.210. The monoisotopic (exact) mass is 465 g/mol. The number of ether oxygens (including phenoxy) is 1. The van der Waals surface area contributed by atoms with Crippen LogP contribution in [-0.2, 0) is 19.3 Å². The van der Waals surface area contributed by atoms with E-state index in [-0.39, 0.29) is 6.61 Å². The van der Waals surface area contributed by atoms with Crippen LogP contribution in [0.25, 0.3) is 0 Å². The minimum atomic E-state index is -4.17. The molecule has 6 nitrogen and oxygen atoms in total. The number of hydrogen-bond acceptors (Lipinski definition) is 5. The second-order valence-corrected chi connectivity index (χ2v) is 9.70.